The summed E-state index contributed by atoms with van der Waals surface area (Å²) >= 11 is 0. The molecule has 0 unspecified atom stereocenters. The van der Waals surface area contributed by atoms with Gasteiger partial charge in [0, 0.05) is 26.1 Å². The summed E-state index contributed by atoms with van der Waals surface area (Å²) in [5.74, 6) is 5.42. The standard InChI is InChI=1S/C7H15N3O/c1-6(11)10-4-2-3-7(5-10)9-8/h7,9H,2-5,8H2,1H3/t7-/m1/s1. The van der Waals surface area contributed by atoms with E-state index in [2.05, 4.69) is 5.43 Å². The number of hydrogen-bond acceptors (Lipinski definition) is 3. The first-order valence-corrected chi connectivity index (χ1v) is 3.95. The lowest BCUT2D eigenvalue weighted by molar-refractivity contribution is -0.130. The maximum absolute atomic E-state index is 10.9. The molecule has 1 aliphatic rings. The zero-order chi connectivity index (χ0) is 8.27. The lowest BCUT2D eigenvalue weighted by Gasteiger charge is -2.31. The van der Waals surface area contributed by atoms with Gasteiger partial charge in [-0.05, 0) is 12.8 Å². The second-order valence-corrected chi connectivity index (χ2v) is 2.97. The van der Waals surface area contributed by atoms with Crippen molar-refractivity contribution in [2.24, 2.45) is 5.84 Å². The number of carbonyl (C=O) groups excluding carboxylic acids is 1. The number of amides is 1. The molecule has 1 aliphatic heterocycles. The molecule has 0 spiro atoms. The summed E-state index contributed by atoms with van der Waals surface area (Å²) in [5.41, 5.74) is 2.69. The average Bonchev–Trinajstić information content (AvgIpc) is 2.05. The summed E-state index contributed by atoms with van der Waals surface area (Å²) < 4.78 is 0. The van der Waals surface area contributed by atoms with Gasteiger partial charge in [-0.1, -0.05) is 0 Å². The Bertz CT molecular complexity index is 149. The average molecular weight is 157 g/mol. The maximum Gasteiger partial charge on any atom is 0.219 e. The topological polar surface area (TPSA) is 58.4 Å². The summed E-state index contributed by atoms with van der Waals surface area (Å²) in [5, 5.41) is 0. The van der Waals surface area contributed by atoms with E-state index in [-0.39, 0.29) is 11.9 Å². The predicted octanol–water partition coefficient (Wildman–Crippen LogP) is -0.539. The summed E-state index contributed by atoms with van der Waals surface area (Å²) in [7, 11) is 0. The number of hydrazine groups is 1. The minimum Gasteiger partial charge on any atom is -0.341 e. The molecule has 0 aromatic carbocycles. The molecule has 3 N–H and O–H groups in total. The third-order valence-electron chi connectivity index (χ3n) is 2.10. The highest BCUT2D eigenvalue weighted by Gasteiger charge is 2.19. The smallest absolute Gasteiger partial charge is 0.219 e. The van der Waals surface area contributed by atoms with Crippen LogP contribution < -0.4 is 11.3 Å². The molecule has 0 aliphatic carbocycles. The molecule has 0 aromatic rings. The predicted molar refractivity (Wildman–Crippen MR) is 42.6 cm³/mol. The molecule has 0 bridgehead atoms. The molecule has 0 radical (unpaired) electrons. The molecule has 1 amide bonds. The van der Waals surface area contributed by atoms with Gasteiger partial charge < -0.3 is 4.90 Å². The Morgan fingerprint density at radius 2 is 2.45 bits per heavy atom. The van der Waals surface area contributed by atoms with Crippen LogP contribution in [-0.4, -0.2) is 29.9 Å². The van der Waals surface area contributed by atoms with Gasteiger partial charge in [0.05, 0.1) is 0 Å². The Hall–Kier alpha value is -0.610. The van der Waals surface area contributed by atoms with E-state index in [0.717, 1.165) is 25.9 Å². The van der Waals surface area contributed by atoms with E-state index in [4.69, 9.17) is 5.84 Å². The number of piperidine rings is 1. The van der Waals surface area contributed by atoms with E-state index in [1.165, 1.54) is 0 Å². The number of rotatable bonds is 1. The molecule has 64 valence electrons. The van der Waals surface area contributed by atoms with Crippen molar-refractivity contribution < 1.29 is 4.79 Å². The molecule has 1 heterocycles. The van der Waals surface area contributed by atoms with Crippen LogP contribution >= 0.6 is 0 Å². The summed E-state index contributed by atoms with van der Waals surface area (Å²) in [6, 6.07) is 0.285. The van der Waals surface area contributed by atoms with Crippen molar-refractivity contribution in [3.05, 3.63) is 0 Å². The zero-order valence-electron chi connectivity index (χ0n) is 6.84. The number of nitrogens with one attached hydrogen (secondary N) is 1. The third-order valence-corrected chi connectivity index (χ3v) is 2.10. The van der Waals surface area contributed by atoms with E-state index in [1.807, 2.05) is 4.90 Å². The van der Waals surface area contributed by atoms with Crippen molar-refractivity contribution in [2.45, 2.75) is 25.8 Å². The highest BCUT2D eigenvalue weighted by Crippen LogP contribution is 2.08. The van der Waals surface area contributed by atoms with Crippen molar-refractivity contribution in [1.82, 2.24) is 10.3 Å². The summed E-state index contributed by atoms with van der Waals surface area (Å²) in [6.07, 6.45) is 2.12. The van der Waals surface area contributed by atoms with Crippen molar-refractivity contribution in [3.8, 4) is 0 Å². The van der Waals surface area contributed by atoms with Gasteiger partial charge in [-0.25, -0.2) is 0 Å². The monoisotopic (exact) mass is 157 g/mol. The first-order chi connectivity index (χ1) is 5.24. The highest BCUT2D eigenvalue weighted by atomic mass is 16.2. The molecule has 11 heavy (non-hydrogen) atoms. The molecule has 4 nitrogen and oxygen atoms in total. The third kappa shape index (κ3) is 2.17. The van der Waals surface area contributed by atoms with E-state index < -0.39 is 0 Å². The van der Waals surface area contributed by atoms with Gasteiger partial charge in [0.1, 0.15) is 0 Å². The van der Waals surface area contributed by atoms with Gasteiger partial charge in [-0.2, -0.15) is 0 Å². The SMILES string of the molecule is CC(=O)N1CCC[C@@H](NN)C1. The molecule has 0 aromatic heterocycles. The second kappa shape index (κ2) is 3.69. The molecule has 1 rings (SSSR count). The highest BCUT2D eigenvalue weighted by molar-refractivity contribution is 5.73. The number of nitrogens with zero attached hydrogens (tertiary/aromatic N) is 1. The quantitative estimate of drug-likeness (QED) is 0.397. The van der Waals surface area contributed by atoms with Crippen molar-refractivity contribution >= 4 is 5.91 Å². The Morgan fingerprint density at radius 1 is 1.73 bits per heavy atom. The Morgan fingerprint density at radius 3 is 3.00 bits per heavy atom. The lowest BCUT2D eigenvalue weighted by Crippen LogP contribution is -2.49. The fourth-order valence-corrected chi connectivity index (χ4v) is 1.40. The van der Waals surface area contributed by atoms with E-state index in [0.29, 0.717) is 0 Å². The minimum atomic E-state index is 0.143. The second-order valence-electron chi connectivity index (χ2n) is 2.97. The fraction of sp³-hybridized carbons (Fsp3) is 0.857. The van der Waals surface area contributed by atoms with Crippen LogP contribution in [0.3, 0.4) is 0 Å². The fourth-order valence-electron chi connectivity index (χ4n) is 1.40. The van der Waals surface area contributed by atoms with Crippen LogP contribution in [0, 0.1) is 0 Å². The van der Waals surface area contributed by atoms with Crippen LogP contribution in [0.5, 0.6) is 0 Å². The van der Waals surface area contributed by atoms with Gasteiger partial charge in [0.15, 0.2) is 0 Å². The minimum absolute atomic E-state index is 0.143. The van der Waals surface area contributed by atoms with Gasteiger partial charge >= 0.3 is 0 Å². The first-order valence-electron chi connectivity index (χ1n) is 3.95. The van der Waals surface area contributed by atoms with Gasteiger partial charge in [0.25, 0.3) is 0 Å². The Balaban J connectivity index is 2.39. The molecule has 1 atom stereocenters. The van der Waals surface area contributed by atoms with Crippen molar-refractivity contribution in [2.75, 3.05) is 13.1 Å². The molecule has 4 heteroatoms. The van der Waals surface area contributed by atoms with E-state index >= 15 is 0 Å². The normalized spacial score (nSPS) is 25.3. The van der Waals surface area contributed by atoms with Crippen LogP contribution in [0.1, 0.15) is 19.8 Å². The maximum atomic E-state index is 10.9. The number of carbonyl (C=O) groups is 1. The number of likely N-dealkylation sites (tertiary alicyclic amines) is 1. The van der Waals surface area contributed by atoms with Crippen LogP contribution in [0.2, 0.25) is 0 Å². The van der Waals surface area contributed by atoms with Gasteiger partial charge in [-0.15, -0.1) is 0 Å². The first kappa shape index (κ1) is 8.49. The van der Waals surface area contributed by atoms with Gasteiger partial charge in [-0.3, -0.25) is 16.1 Å². The molecule has 1 fully saturated rings. The Kier molecular flexibility index (Phi) is 2.84. The van der Waals surface area contributed by atoms with Crippen LogP contribution in [0.4, 0.5) is 0 Å². The number of nitrogens with two attached hydrogens (primary N) is 1. The largest absolute Gasteiger partial charge is 0.341 e. The number of hydrogen-bond donors (Lipinski definition) is 2. The van der Waals surface area contributed by atoms with Crippen LogP contribution in [0.25, 0.3) is 0 Å². The molecule has 1 saturated heterocycles. The molecule has 0 saturated carbocycles. The van der Waals surface area contributed by atoms with Crippen LogP contribution in [-0.2, 0) is 4.79 Å². The van der Waals surface area contributed by atoms with Crippen molar-refractivity contribution in [3.63, 3.8) is 0 Å². The Labute approximate surface area is 66.7 Å². The summed E-state index contributed by atoms with van der Waals surface area (Å²) in [4.78, 5) is 12.7. The zero-order valence-corrected chi connectivity index (χ0v) is 6.84. The lowest BCUT2D eigenvalue weighted by atomic mass is 10.1. The summed E-state index contributed by atoms with van der Waals surface area (Å²) in [6.45, 7) is 3.23. The van der Waals surface area contributed by atoms with E-state index in [1.54, 1.807) is 6.92 Å². The van der Waals surface area contributed by atoms with Crippen molar-refractivity contribution in [1.29, 1.82) is 0 Å². The van der Waals surface area contributed by atoms with Gasteiger partial charge in [0.2, 0.25) is 5.91 Å². The van der Waals surface area contributed by atoms with Crippen LogP contribution in [0.15, 0.2) is 0 Å². The van der Waals surface area contributed by atoms with E-state index in [9.17, 15) is 4.79 Å². The molecular formula is C7H15N3O. The molecular weight excluding hydrogens is 142 g/mol.